The van der Waals surface area contributed by atoms with Crippen molar-refractivity contribution in [1.82, 2.24) is 5.32 Å². The first-order valence-corrected chi connectivity index (χ1v) is 7.75. The summed E-state index contributed by atoms with van der Waals surface area (Å²) in [7, 11) is 0. The van der Waals surface area contributed by atoms with E-state index in [9.17, 15) is 0 Å². The van der Waals surface area contributed by atoms with E-state index in [1.807, 2.05) is 0 Å². The molecule has 2 heteroatoms. The summed E-state index contributed by atoms with van der Waals surface area (Å²) in [5.74, 6) is 0. The zero-order chi connectivity index (χ0) is 13.5. The minimum absolute atomic E-state index is 0.441. The Balaban J connectivity index is 1.92. The van der Waals surface area contributed by atoms with Gasteiger partial charge in [0.05, 0.1) is 6.61 Å². The SMILES string of the molecule is CCCOCC(Cc1ccc2c(c1)CCC2)NCC. The van der Waals surface area contributed by atoms with Crippen LogP contribution in [0.1, 0.15) is 43.4 Å². The number of benzene rings is 1. The Morgan fingerprint density at radius 3 is 2.84 bits per heavy atom. The van der Waals surface area contributed by atoms with Crippen LogP contribution in [0.15, 0.2) is 18.2 Å². The lowest BCUT2D eigenvalue weighted by atomic mass is 10.0. The molecular formula is C17H27NO. The molecule has 0 spiro atoms. The van der Waals surface area contributed by atoms with Crippen molar-refractivity contribution in [2.24, 2.45) is 0 Å². The number of rotatable bonds is 8. The first-order chi connectivity index (χ1) is 9.33. The molecule has 0 saturated heterocycles. The Hall–Kier alpha value is -0.860. The molecule has 0 amide bonds. The summed E-state index contributed by atoms with van der Waals surface area (Å²) in [6.07, 6.45) is 6.03. The number of hydrogen-bond acceptors (Lipinski definition) is 2. The van der Waals surface area contributed by atoms with Gasteiger partial charge in [-0.2, -0.15) is 0 Å². The first-order valence-electron chi connectivity index (χ1n) is 7.75. The molecule has 1 aromatic carbocycles. The minimum atomic E-state index is 0.441. The predicted molar refractivity (Wildman–Crippen MR) is 80.7 cm³/mol. The molecule has 0 saturated carbocycles. The van der Waals surface area contributed by atoms with Crippen LogP contribution in [0.3, 0.4) is 0 Å². The highest BCUT2D eigenvalue weighted by molar-refractivity contribution is 5.35. The van der Waals surface area contributed by atoms with Crippen molar-refractivity contribution in [1.29, 1.82) is 0 Å². The lowest BCUT2D eigenvalue weighted by Crippen LogP contribution is -2.35. The monoisotopic (exact) mass is 261 g/mol. The summed E-state index contributed by atoms with van der Waals surface area (Å²) in [4.78, 5) is 0. The van der Waals surface area contributed by atoms with Gasteiger partial charge < -0.3 is 10.1 Å². The van der Waals surface area contributed by atoms with E-state index in [1.54, 1.807) is 11.1 Å². The summed E-state index contributed by atoms with van der Waals surface area (Å²) in [6.45, 7) is 7.01. The first kappa shape index (κ1) is 14.5. The van der Waals surface area contributed by atoms with Crippen LogP contribution in [-0.2, 0) is 24.0 Å². The van der Waals surface area contributed by atoms with E-state index in [0.717, 1.165) is 32.6 Å². The third-order valence-electron chi connectivity index (χ3n) is 3.81. The van der Waals surface area contributed by atoms with Crippen molar-refractivity contribution in [3.63, 3.8) is 0 Å². The van der Waals surface area contributed by atoms with Crippen LogP contribution in [0.25, 0.3) is 0 Å². The molecule has 0 bridgehead atoms. The molecule has 2 rings (SSSR count). The standard InChI is InChI=1S/C17H27NO/c1-3-10-19-13-17(18-4-2)12-14-8-9-15-6-5-7-16(15)11-14/h8-9,11,17-18H,3-7,10,12-13H2,1-2H3. The molecule has 1 atom stereocenters. The van der Waals surface area contributed by atoms with Crippen LogP contribution in [-0.4, -0.2) is 25.8 Å². The van der Waals surface area contributed by atoms with Gasteiger partial charge in [-0.3, -0.25) is 0 Å². The van der Waals surface area contributed by atoms with Crippen molar-refractivity contribution in [2.45, 2.75) is 52.0 Å². The molecule has 2 nitrogen and oxygen atoms in total. The van der Waals surface area contributed by atoms with Gasteiger partial charge in [0.2, 0.25) is 0 Å². The summed E-state index contributed by atoms with van der Waals surface area (Å²) in [6, 6.07) is 7.48. The second-order valence-electron chi connectivity index (χ2n) is 5.49. The van der Waals surface area contributed by atoms with Crippen LogP contribution in [0.5, 0.6) is 0 Å². The Labute approximate surface area is 117 Å². The molecule has 19 heavy (non-hydrogen) atoms. The molecule has 0 heterocycles. The maximum Gasteiger partial charge on any atom is 0.0622 e. The van der Waals surface area contributed by atoms with Crippen molar-refractivity contribution in [3.05, 3.63) is 34.9 Å². The highest BCUT2D eigenvalue weighted by atomic mass is 16.5. The fourth-order valence-electron chi connectivity index (χ4n) is 2.89. The van der Waals surface area contributed by atoms with Gasteiger partial charge in [-0.15, -0.1) is 0 Å². The number of nitrogens with one attached hydrogen (secondary N) is 1. The van der Waals surface area contributed by atoms with Crippen LogP contribution < -0.4 is 5.32 Å². The van der Waals surface area contributed by atoms with Crippen molar-refractivity contribution in [3.8, 4) is 0 Å². The highest BCUT2D eigenvalue weighted by Crippen LogP contribution is 2.23. The molecule has 0 aliphatic heterocycles. The van der Waals surface area contributed by atoms with Gasteiger partial charge in [0.1, 0.15) is 0 Å². The molecule has 1 aliphatic carbocycles. The normalized spacial score (nSPS) is 15.5. The molecule has 1 N–H and O–H groups in total. The number of fused-ring (bicyclic) bond motifs is 1. The Morgan fingerprint density at radius 2 is 2.05 bits per heavy atom. The van der Waals surface area contributed by atoms with E-state index < -0.39 is 0 Å². The van der Waals surface area contributed by atoms with Crippen LogP contribution >= 0.6 is 0 Å². The second kappa shape index (κ2) is 7.66. The highest BCUT2D eigenvalue weighted by Gasteiger charge is 2.13. The third kappa shape index (κ3) is 4.32. The minimum Gasteiger partial charge on any atom is -0.380 e. The number of aryl methyl sites for hydroxylation is 2. The summed E-state index contributed by atoms with van der Waals surface area (Å²) in [5.41, 5.74) is 4.58. The van der Waals surface area contributed by atoms with Crippen LogP contribution in [0, 0.1) is 0 Å². The Kier molecular flexibility index (Phi) is 5.87. The quantitative estimate of drug-likeness (QED) is 0.726. The lowest BCUT2D eigenvalue weighted by molar-refractivity contribution is 0.112. The van der Waals surface area contributed by atoms with Crippen LogP contribution in [0.2, 0.25) is 0 Å². The topological polar surface area (TPSA) is 21.3 Å². The maximum atomic E-state index is 5.70. The largest absolute Gasteiger partial charge is 0.380 e. The van der Waals surface area contributed by atoms with Crippen molar-refractivity contribution in [2.75, 3.05) is 19.8 Å². The Bertz CT molecular complexity index is 389. The molecule has 0 aromatic heterocycles. The molecule has 0 fully saturated rings. The van der Waals surface area contributed by atoms with E-state index in [-0.39, 0.29) is 0 Å². The molecule has 1 aliphatic rings. The van der Waals surface area contributed by atoms with Gasteiger partial charge in [0.15, 0.2) is 0 Å². The summed E-state index contributed by atoms with van der Waals surface area (Å²) < 4.78 is 5.70. The van der Waals surface area contributed by atoms with E-state index in [2.05, 4.69) is 37.4 Å². The van der Waals surface area contributed by atoms with E-state index >= 15 is 0 Å². The molecule has 1 unspecified atom stereocenters. The van der Waals surface area contributed by atoms with Gasteiger partial charge in [0, 0.05) is 12.6 Å². The summed E-state index contributed by atoms with van der Waals surface area (Å²) >= 11 is 0. The van der Waals surface area contributed by atoms with Crippen molar-refractivity contribution < 1.29 is 4.74 Å². The molecular weight excluding hydrogens is 234 g/mol. The average Bonchev–Trinajstić information content (AvgIpc) is 2.86. The predicted octanol–water partition coefficient (Wildman–Crippen LogP) is 3.12. The zero-order valence-electron chi connectivity index (χ0n) is 12.4. The zero-order valence-corrected chi connectivity index (χ0v) is 12.4. The van der Waals surface area contributed by atoms with Gasteiger partial charge >= 0.3 is 0 Å². The lowest BCUT2D eigenvalue weighted by Gasteiger charge is -2.18. The van der Waals surface area contributed by atoms with Gasteiger partial charge in [-0.1, -0.05) is 32.0 Å². The van der Waals surface area contributed by atoms with Crippen LogP contribution in [0.4, 0.5) is 0 Å². The fourth-order valence-corrected chi connectivity index (χ4v) is 2.89. The molecule has 0 radical (unpaired) electrons. The molecule has 1 aromatic rings. The van der Waals surface area contributed by atoms with Gasteiger partial charge in [0.25, 0.3) is 0 Å². The molecule has 106 valence electrons. The smallest absolute Gasteiger partial charge is 0.0622 e. The van der Waals surface area contributed by atoms with Gasteiger partial charge in [-0.25, -0.2) is 0 Å². The Morgan fingerprint density at radius 1 is 1.21 bits per heavy atom. The number of ether oxygens (including phenoxy) is 1. The van der Waals surface area contributed by atoms with E-state index in [1.165, 1.54) is 24.8 Å². The third-order valence-corrected chi connectivity index (χ3v) is 3.81. The van der Waals surface area contributed by atoms with Crippen molar-refractivity contribution >= 4 is 0 Å². The van der Waals surface area contributed by atoms with E-state index in [0.29, 0.717) is 6.04 Å². The van der Waals surface area contributed by atoms with E-state index in [4.69, 9.17) is 4.74 Å². The number of likely N-dealkylation sites (N-methyl/N-ethyl adjacent to an activating group) is 1. The van der Waals surface area contributed by atoms with Gasteiger partial charge in [-0.05, 0) is 55.3 Å². The number of hydrogen-bond donors (Lipinski definition) is 1. The average molecular weight is 261 g/mol. The second-order valence-corrected chi connectivity index (χ2v) is 5.49. The maximum absolute atomic E-state index is 5.70. The fraction of sp³-hybridized carbons (Fsp3) is 0.647. The summed E-state index contributed by atoms with van der Waals surface area (Å²) in [5, 5.41) is 3.53.